The first-order valence-electron chi connectivity index (χ1n) is 6.93. The van der Waals surface area contributed by atoms with E-state index < -0.39 is 0 Å². The highest BCUT2D eigenvalue weighted by molar-refractivity contribution is 9.10. The molecule has 0 saturated carbocycles. The fraction of sp³-hybridized carbons (Fsp3) is 0.188. The van der Waals surface area contributed by atoms with Crippen LogP contribution in [0.1, 0.15) is 12.0 Å². The smallest absolute Gasteiger partial charge is 0.139 e. The van der Waals surface area contributed by atoms with Crippen LogP contribution in [-0.4, -0.2) is 16.5 Å². The summed E-state index contributed by atoms with van der Waals surface area (Å²) < 4.78 is 14.0. The molecule has 106 valence electrons. The van der Waals surface area contributed by atoms with E-state index in [4.69, 9.17) is 0 Å². The number of nitrogens with one attached hydrogen (secondary N) is 2. The minimum absolute atomic E-state index is 0.285. The molecule has 2 aromatic carbocycles. The van der Waals surface area contributed by atoms with Gasteiger partial charge in [-0.2, -0.15) is 0 Å². The van der Waals surface area contributed by atoms with E-state index >= 15 is 0 Å². The van der Waals surface area contributed by atoms with E-state index in [1.54, 1.807) is 6.07 Å². The van der Waals surface area contributed by atoms with Crippen molar-refractivity contribution >= 4 is 32.7 Å². The average Bonchev–Trinajstić information content (AvgIpc) is 2.90. The molecule has 0 spiro atoms. The maximum absolute atomic E-state index is 13.6. The Morgan fingerprint density at radius 1 is 1.19 bits per heavy atom. The number of aromatic amines is 1. The van der Waals surface area contributed by atoms with Crippen LogP contribution >= 0.6 is 15.9 Å². The van der Waals surface area contributed by atoms with Gasteiger partial charge in [0.05, 0.1) is 15.5 Å². The van der Waals surface area contributed by atoms with Crippen LogP contribution in [0.5, 0.6) is 0 Å². The van der Waals surface area contributed by atoms with E-state index in [2.05, 4.69) is 43.3 Å². The second-order valence-corrected chi connectivity index (χ2v) is 6.13. The maximum atomic E-state index is 13.6. The Balaban J connectivity index is 1.82. The first-order valence-corrected chi connectivity index (χ1v) is 7.72. The molecule has 1 aliphatic rings. The van der Waals surface area contributed by atoms with E-state index in [1.165, 1.54) is 17.3 Å². The zero-order valence-corrected chi connectivity index (χ0v) is 12.8. The van der Waals surface area contributed by atoms with Crippen LogP contribution in [0.4, 0.5) is 10.1 Å². The third-order valence-corrected chi connectivity index (χ3v) is 4.45. The fourth-order valence-corrected chi connectivity index (χ4v) is 3.10. The summed E-state index contributed by atoms with van der Waals surface area (Å²) >= 11 is 3.19. The maximum Gasteiger partial charge on any atom is 0.139 e. The van der Waals surface area contributed by atoms with Crippen molar-refractivity contribution in [3.63, 3.8) is 0 Å². The van der Waals surface area contributed by atoms with Crippen LogP contribution in [-0.2, 0) is 6.42 Å². The second kappa shape index (κ2) is 4.84. The number of hydrogen-bond donors (Lipinski definition) is 2. The first-order chi connectivity index (χ1) is 10.2. The summed E-state index contributed by atoms with van der Waals surface area (Å²) in [6.45, 7) is 1.03. The molecular formula is C16H13BrFN3. The largest absolute Gasteiger partial charge is 0.385 e. The van der Waals surface area contributed by atoms with Crippen molar-refractivity contribution in [3.8, 4) is 11.4 Å². The van der Waals surface area contributed by atoms with Gasteiger partial charge in [-0.3, -0.25) is 0 Å². The number of imidazole rings is 1. The number of benzene rings is 2. The van der Waals surface area contributed by atoms with E-state index in [0.29, 0.717) is 9.99 Å². The Kier molecular flexibility index (Phi) is 2.96. The predicted molar refractivity (Wildman–Crippen MR) is 86.0 cm³/mol. The number of H-pyrrole nitrogens is 1. The summed E-state index contributed by atoms with van der Waals surface area (Å²) in [4.78, 5) is 7.76. The van der Waals surface area contributed by atoms with Crippen molar-refractivity contribution in [1.82, 2.24) is 9.97 Å². The quantitative estimate of drug-likeness (QED) is 0.682. The molecular weight excluding hydrogens is 333 g/mol. The van der Waals surface area contributed by atoms with E-state index in [0.717, 1.165) is 36.3 Å². The molecule has 0 amide bonds. The molecule has 1 aliphatic heterocycles. The van der Waals surface area contributed by atoms with Gasteiger partial charge >= 0.3 is 0 Å². The number of aromatic nitrogens is 2. The lowest BCUT2D eigenvalue weighted by molar-refractivity contribution is 0.623. The number of anilines is 1. The summed E-state index contributed by atoms with van der Waals surface area (Å²) in [5.74, 6) is 0.489. The average molecular weight is 346 g/mol. The Bertz CT molecular complexity index is 802. The van der Waals surface area contributed by atoms with Crippen molar-refractivity contribution in [2.75, 3.05) is 11.9 Å². The van der Waals surface area contributed by atoms with Crippen molar-refractivity contribution < 1.29 is 4.39 Å². The second-order valence-electron chi connectivity index (χ2n) is 5.27. The summed E-state index contributed by atoms with van der Waals surface area (Å²) in [7, 11) is 0. The summed E-state index contributed by atoms with van der Waals surface area (Å²) in [5.41, 5.74) is 5.02. The fourth-order valence-electron chi connectivity index (χ4n) is 2.76. The Labute approximate surface area is 129 Å². The van der Waals surface area contributed by atoms with Crippen LogP contribution in [0.15, 0.2) is 34.8 Å². The van der Waals surface area contributed by atoms with Crippen molar-refractivity contribution in [3.05, 3.63) is 46.2 Å². The molecule has 0 fully saturated rings. The van der Waals surface area contributed by atoms with Gasteiger partial charge in [0.15, 0.2) is 0 Å². The number of hydrogen-bond acceptors (Lipinski definition) is 2. The highest BCUT2D eigenvalue weighted by Gasteiger charge is 2.12. The third kappa shape index (κ3) is 2.21. The number of halogens is 2. The molecule has 2 heterocycles. The highest BCUT2D eigenvalue weighted by Crippen LogP contribution is 2.29. The third-order valence-electron chi connectivity index (χ3n) is 3.84. The zero-order valence-electron chi connectivity index (χ0n) is 11.2. The molecule has 3 aromatic rings. The number of rotatable bonds is 1. The molecule has 0 radical (unpaired) electrons. The minimum Gasteiger partial charge on any atom is -0.385 e. The van der Waals surface area contributed by atoms with Gasteiger partial charge in [-0.1, -0.05) is 0 Å². The van der Waals surface area contributed by atoms with Crippen LogP contribution < -0.4 is 5.32 Å². The number of nitrogens with zero attached hydrogens (tertiary/aromatic N) is 1. The van der Waals surface area contributed by atoms with Gasteiger partial charge in [0.25, 0.3) is 0 Å². The monoisotopic (exact) mass is 345 g/mol. The zero-order chi connectivity index (χ0) is 14.4. The van der Waals surface area contributed by atoms with Gasteiger partial charge in [-0.25, -0.2) is 9.37 Å². The molecule has 1 aromatic heterocycles. The first kappa shape index (κ1) is 12.8. The molecule has 0 unspecified atom stereocenters. The summed E-state index contributed by atoms with van der Waals surface area (Å²) in [6, 6.07) is 9.46. The summed E-state index contributed by atoms with van der Waals surface area (Å²) in [5, 5.41) is 3.40. The van der Waals surface area contributed by atoms with Gasteiger partial charge in [0, 0.05) is 23.9 Å². The van der Waals surface area contributed by atoms with Crippen molar-refractivity contribution in [1.29, 1.82) is 0 Å². The van der Waals surface area contributed by atoms with E-state index in [9.17, 15) is 4.39 Å². The normalized spacial score (nSPS) is 14.0. The minimum atomic E-state index is -0.285. The molecule has 0 bridgehead atoms. The Hall–Kier alpha value is -1.88. The molecule has 3 nitrogen and oxygen atoms in total. The van der Waals surface area contributed by atoms with Gasteiger partial charge in [0.2, 0.25) is 0 Å². The van der Waals surface area contributed by atoms with Crippen LogP contribution in [0.25, 0.3) is 22.4 Å². The Morgan fingerprint density at radius 3 is 3.00 bits per heavy atom. The van der Waals surface area contributed by atoms with Crippen molar-refractivity contribution in [2.45, 2.75) is 12.8 Å². The summed E-state index contributed by atoms with van der Waals surface area (Å²) in [6.07, 6.45) is 2.23. The molecule has 21 heavy (non-hydrogen) atoms. The molecule has 2 N–H and O–H groups in total. The van der Waals surface area contributed by atoms with E-state index in [1.807, 2.05) is 6.07 Å². The van der Waals surface area contributed by atoms with Crippen molar-refractivity contribution in [2.24, 2.45) is 0 Å². The lowest BCUT2D eigenvalue weighted by Gasteiger charge is -2.18. The molecule has 4 rings (SSSR count). The van der Waals surface area contributed by atoms with Crippen LogP contribution in [0.3, 0.4) is 0 Å². The molecule has 5 heteroatoms. The predicted octanol–water partition coefficient (Wildman–Crippen LogP) is 4.49. The van der Waals surface area contributed by atoms with Crippen LogP contribution in [0.2, 0.25) is 0 Å². The topological polar surface area (TPSA) is 40.7 Å². The van der Waals surface area contributed by atoms with Gasteiger partial charge in [0.1, 0.15) is 11.6 Å². The molecule has 0 atom stereocenters. The van der Waals surface area contributed by atoms with E-state index in [-0.39, 0.29) is 5.82 Å². The SMILES string of the molecule is Fc1cc2[nH]c(-c3ccc4c(c3)CCCN4)nc2cc1Br. The van der Waals surface area contributed by atoms with Gasteiger partial charge in [-0.05, 0) is 58.6 Å². The van der Waals surface area contributed by atoms with Gasteiger partial charge in [-0.15, -0.1) is 0 Å². The lowest BCUT2D eigenvalue weighted by Crippen LogP contribution is -2.11. The highest BCUT2D eigenvalue weighted by atomic mass is 79.9. The van der Waals surface area contributed by atoms with Gasteiger partial charge < -0.3 is 10.3 Å². The number of aryl methyl sites for hydroxylation is 1. The molecule has 0 aliphatic carbocycles. The Morgan fingerprint density at radius 2 is 2.10 bits per heavy atom. The number of fused-ring (bicyclic) bond motifs is 2. The molecule has 0 saturated heterocycles. The van der Waals surface area contributed by atoms with Crippen LogP contribution in [0, 0.1) is 5.82 Å². The standard InChI is InChI=1S/C16H13BrFN3/c17-11-7-14-15(8-12(11)18)21-16(20-14)10-3-4-13-9(6-10)2-1-5-19-13/h3-4,6-8,19H,1-2,5H2,(H,20,21). The lowest BCUT2D eigenvalue weighted by atomic mass is 10.0.